The Kier molecular flexibility index (Phi) is 15.9. The second-order valence-corrected chi connectivity index (χ2v) is 9.37. The molecule has 0 aliphatic heterocycles. The smallest absolute Gasteiger partial charge is 0.173 e. The zero-order valence-electron chi connectivity index (χ0n) is 14.4. The summed E-state index contributed by atoms with van der Waals surface area (Å²) in [7, 11) is 2.27. The van der Waals surface area contributed by atoms with Crippen LogP contribution in [0.1, 0.15) is 0 Å². The molecule has 0 aliphatic rings. The van der Waals surface area contributed by atoms with Crippen LogP contribution in [0.2, 0.25) is 0 Å². The van der Waals surface area contributed by atoms with Gasteiger partial charge in [0.05, 0.1) is 35.7 Å². The quantitative estimate of drug-likeness (QED) is 0.0625. The molecule has 0 aromatic heterocycles. The summed E-state index contributed by atoms with van der Waals surface area (Å²) in [5, 5.41) is 13.8. The molecule has 0 aromatic rings. The Hall–Kier alpha value is -1.88. The molecular weight excluding hydrogens is 470 g/mol. The van der Waals surface area contributed by atoms with E-state index in [0.29, 0.717) is 0 Å². The fourth-order valence-corrected chi connectivity index (χ4v) is 5.40. The molecule has 0 aliphatic carbocycles. The van der Waals surface area contributed by atoms with Gasteiger partial charge in [-0.1, -0.05) is 42.0 Å². The van der Waals surface area contributed by atoms with Crippen molar-refractivity contribution in [3.05, 3.63) is 41.8 Å². The summed E-state index contributed by atoms with van der Waals surface area (Å²) in [5.41, 5.74) is 34.6. The van der Waals surface area contributed by atoms with Crippen molar-refractivity contribution >= 4 is 43.7 Å². The highest BCUT2D eigenvalue weighted by molar-refractivity contribution is 8.76. The number of azide groups is 4. The number of rotatable bonds is 16. The van der Waals surface area contributed by atoms with Crippen molar-refractivity contribution in [1.29, 1.82) is 0 Å². The first-order chi connectivity index (χ1) is 13.9. The van der Waals surface area contributed by atoms with Crippen LogP contribution in [0, 0.1) is 0 Å². The average Bonchev–Trinajstić information content (AvgIpc) is 2.68. The number of hydrogen-bond donors (Lipinski definition) is 2. The minimum atomic E-state index is -2.27. The van der Waals surface area contributed by atoms with E-state index in [0.717, 1.165) is 21.6 Å². The normalized spacial score (nSPS) is 16.3. The summed E-state index contributed by atoms with van der Waals surface area (Å²) < 4.78 is 35.5. The van der Waals surface area contributed by atoms with Crippen LogP contribution in [-0.4, -0.2) is 60.1 Å². The van der Waals surface area contributed by atoms with Crippen LogP contribution in [0.25, 0.3) is 41.8 Å². The van der Waals surface area contributed by atoms with Gasteiger partial charge in [0.1, 0.15) is 0 Å². The van der Waals surface area contributed by atoms with Gasteiger partial charge in [0.25, 0.3) is 0 Å². The molecule has 0 fully saturated rings. The van der Waals surface area contributed by atoms with Gasteiger partial charge in [0.15, 0.2) is 22.2 Å². The van der Waals surface area contributed by atoms with Crippen LogP contribution >= 0.6 is 21.6 Å². The predicted molar refractivity (Wildman–Crippen MR) is 111 cm³/mol. The molecule has 0 saturated carbocycles. The van der Waals surface area contributed by atoms with Gasteiger partial charge in [-0.05, 0) is 22.1 Å². The van der Waals surface area contributed by atoms with Crippen LogP contribution in [-0.2, 0) is 26.4 Å². The highest BCUT2D eigenvalue weighted by Gasteiger charge is 2.24. The van der Waals surface area contributed by atoms with E-state index in [1.165, 1.54) is 0 Å². The van der Waals surface area contributed by atoms with E-state index in [4.69, 9.17) is 32.6 Å². The minimum absolute atomic E-state index is 0.0998. The second kappa shape index (κ2) is 17.0. The molecule has 0 radical (unpaired) electrons. The van der Waals surface area contributed by atoms with E-state index in [1.807, 2.05) is 0 Å². The predicted octanol–water partition coefficient (Wildman–Crippen LogP) is 2.86. The van der Waals surface area contributed by atoms with E-state index in [2.05, 4.69) is 44.4 Å². The molecule has 29 heavy (non-hydrogen) atoms. The van der Waals surface area contributed by atoms with Crippen LogP contribution in [0.5, 0.6) is 0 Å². The summed E-state index contributed by atoms with van der Waals surface area (Å²) >= 11 is -4.23. The molecule has 0 rings (SSSR count). The largest absolute Gasteiger partial charge is 0.306 e. The van der Waals surface area contributed by atoms with Gasteiger partial charge in [0.2, 0.25) is 0 Å². The molecule has 160 valence electrons. The Bertz CT molecular complexity index is 758. The minimum Gasteiger partial charge on any atom is -0.306 e. The maximum Gasteiger partial charge on any atom is 0.173 e. The van der Waals surface area contributed by atoms with E-state index in [-0.39, 0.29) is 17.3 Å². The van der Waals surface area contributed by atoms with Crippen LogP contribution in [0.3, 0.4) is 0 Å². The second-order valence-electron chi connectivity index (χ2n) is 4.71. The summed E-state index contributed by atoms with van der Waals surface area (Å²) in [6.07, 6.45) is 0. The van der Waals surface area contributed by atoms with Gasteiger partial charge >= 0.3 is 0 Å². The Balaban J connectivity index is 5.05. The fraction of sp³-hybridized carbons (Fsp3) is 1.00. The van der Waals surface area contributed by atoms with Gasteiger partial charge in [0, 0.05) is 31.2 Å². The van der Waals surface area contributed by atoms with Crippen molar-refractivity contribution in [2.24, 2.45) is 26.4 Å². The molecule has 0 bridgehead atoms. The Morgan fingerprint density at radius 2 is 1.21 bits per heavy atom. The van der Waals surface area contributed by atoms with Gasteiger partial charge in [-0.15, -0.1) is 0 Å². The maximum atomic E-state index is 11.4. The first kappa shape index (κ1) is 27.1. The van der Waals surface area contributed by atoms with Gasteiger partial charge in [-0.3, -0.25) is 0 Å². The Labute approximate surface area is 176 Å². The zero-order chi connectivity index (χ0) is 22.1. The highest BCUT2D eigenvalue weighted by Crippen LogP contribution is 2.28. The standard InChI is InChI=1S/C8H15N13O4S4/c9-18-14-5(7(16-20-11)3-28(22)23)1-26-27-2-6(15-19-10)8(17-21-12)4-29(24)25-13/h5-8H,1-4,13H2,(H,22,23). The summed E-state index contributed by atoms with van der Waals surface area (Å²) in [4.78, 5) is 10.5. The van der Waals surface area contributed by atoms with Crippen molar-refractivity contribution in [1.82, 2.24) is 0 Å². The maximum absolute atomic E-state index is 11.4. The lowest BCUT2D eigenvalue weighted by Gasteiger charge is -2.19. The molecule has 0 saturated heterocycles. The van der Waals surface area contributed by atoms with Crippen molar-refractivity contribution in [3.8, 4) is 0 Å². The van der Waals surface area contributed by atoms with Crippen molar-refractivity contribution in [2.75, 3.05) is 23.0 Å². The lowest BCUT2D eigenvalue weighted by Crippen LogP contribution is -2.31. The number of nitrogens with two attached hydrogens (primary N) is 1. The molecular formula is C8H15N13O4S4. The molecule has 17 nitrogen and oxygen atoms in total. The lowest BCUT2D eigenvalue weighted by molar-refractivity contribution is 0.364. The third-order valence-corrected chi connectivity index (χ3v) is 6.87. The van der Waals surface area contributed by atoms with Gasteiger partial charge in [-0.2, -0.15) is 5.90 Å². The van der Waals surface area contributed by atoms with Crippen LogP contribution in [0.4, 0.5) is 0 Å². The van der Waals surface area contributed by atoms with Crippen LogP contribution < -0.4 is 5.90 Å². The van der Waals surface area contributed by atoms with E-state index >= 15 is 0 Å². The highest BCUT2D eigenvalue weighted by atomic mass is 33.1. The number of nitrogens with zero attached hydrogens (tertiary/aromatic N) is 12. The third-order valence-electron chi connectivity index (χ3n) is 2.98. The summed E-state index contributed by atoms with van der Waals surface area (Å²) in [6, 6.07) is -3.83. The topological polar surface area (TPSA) is 285 Å². The van der Waals surface area contributed by atoms with Gasteiger partial charge in [-0.25, -0.2) is 12.7 Å². The number of hydrogen-bond acceptors (Lipinski definition) is 10. The first-order valence-electron chi connectivity index (χ1n) is 7.17. The Morgan fingerprint density at radius 1 is 0.828 bits per heavy atom. The van der Waals surface area contributed by atoms with Gasteiger partial charge < -0.3 is 4.55 Å². The molecule has 0 heterocycles. The molecule has 3 N–H and O–H groups in total. The fourth-order valence-electron chi connectivity index (χ4n) is 1.71. The molecule has 6 unspecified atom stereocenters. The van der Waals surface area contributed by atoms with Crippen LogP contribution in [0.15, 0.2) is 20.5 Å². The average molecular weight is 486 g/mol. The van der Waals surface area contributed by atoms with E-state index < -0.39 is 52.1 Å². The summed E-state index contributed by atoms with van der Waals surface area (Å²) in [5.74, 6) is 4.31. The van der Waals surface area contributed by atoms with Crippen molar-refractivity contribution in [3.63, 3.8) is 0 Å². The molecule has 0 aromatic carbocycles. The van der Waals surface area contributed by atoms with E-state index in [9.17, 15) is 8.42 Å². The lowest BCUT2D eigenvalue weighted by atomic mass is 10.2. The molecule has 6 atom stereocenters. The molecule has 0 amide bonds. The van der Waals surface area contributed by atoms with Crippen molar-refractivity contribution < 1.29 is 17.3 Å². The van der Waals surface area contributed by atoms with E-state index in [1.54, 1.807) is 0 Å². The monoisotopic (exact) mass is 485 g/mol. The Morgan fingerprint density at radius 3 is 1.55 bits per heavy atom. The third kappa shape index (κ3) is 12.3. The molecule has 21 heteroatoms. The summed E-state index contributed by atoms with van der Waals surface area (Å²) in [6.45, 7) is 0. The van der Waals surface area contributed by atoms with Crippen molar-refractivity contribution in [2.45, 2.75) is 24.2 Å². The zero-order valence-corrected chi connectivity index (χ0v) is 17.7. The SMILES string of the molecule is [N-]=[N+]=NC(CSSCC(N=[N+]=[N-])C(CS(=O)ON)N=[N+]=[N-])C(CS(=O)O)N=[N+]=[N-]. The first-order valence-corrected chi connectivity index (χ1v) is 12.2. The molecule has 0 spiro atoms.